The summed E-state index contributed by atoms with van der Waals surface area (Å²) in [7, 11) is 1.51. The van der Waals surface area contributed by atoms with Crippen LogP contribution in [0.3, 0.4) is 0 Å². The number of hydrogen-bond acceptors (Lipinski definition) is 6. The number of fused-ring (bicyclic) bond motifs is 1. The second-order valence-corrected chi connectivity index (χ2v) is 7.19. The Bertz CT molecular complexity index is 1220. The first-order chi connectivity index (χ1) is 14.7. The second kappa shape index (κ2) is 8.99. The molecular weight excluding hydrogens is 398 g/mol. The van der Waals surface area contributed by atoms with Gasteiger partial charge in [0.2, 0.25) is 0 Å². The summed E-state index contributed by atoms with van der Waals surface area (Å²) in [5.74, 6) is -0.628. The van der Waals surface area contributed by atoms with Gasteiger partial charge in [0.25, 0.3) is 11.5 Å². The molecule has 1 atom stereocenters. The fourth-order valence-electron chi connectivity index (χ4n) is 3.25. The van der Waals surface area contributed by atoms with Gasteiger partial charge in [-0.05, 0) is 63.6 Å². The lowest BCUT2D eigenvalue weighted by Crippen LogP contribution is -2.30. The second-order valence-electron chi connectivity index (χ2n) is 7.19. The van der Waals surface area contributed by atoms with Crippen molar-refractivity contribution < 1.29 is 19.1 Å². The van der Waals surface area contributed by atoms with E-state index in [1.165, 1.54) is 14.0 Å². The lowest BCUT2D eigenvalue weighted by molar-refractivity contribution is -0.123. The van der Waals surface area contributed by atoms with Crippen molar-refractivity contribution in [1.29, 1.82) is 0 Å². The molecule has 0 fully saturated rings. The third-order valence-corrected chi connectivity index (χ3v) is 4.93. The van der Waals surface area contributed by atoms with E-state index in [1.54, 1.807) is 41.8 Å². The van der Waals surface area contributed by atoms with Crippen LogP contribution in [0, 0.1) is 13.8 Å². The third-order valence-electron chi connectivity index (χ3n) is 4.93. The normalized spacial score (nSPS) is 11.8. The summed E-state index contributed by atoms with van der Waals surface area (Å²) >= 11 is 0. The summed E-state index contributed by atoms with van der Waals surface area (Å²) in [4.78, 5) is 41.7. The highest BCUT2D eigenvalue weighted by Gasteiger charge is 2.21. The lowest BCUT2D eigenvalue weighted by Gasteiger charge is -2.16. The van der Waals surface area contributed by atoms with Crippen LogP contribution in [0.15, 0.2) is 41.2 Å². The maximum Gasteiger partial charge on any atom is 0.338 e. The molecule has 1 amide bonds. The van der Waals surface area contributed by atoms with Gasteiger partial charge in [0.15, 0.2) is 6.10 Å². The molecule has 1 aromatic heterocycles. The zero-order chi connectivity index (χ0) is 22.7. The highest BCUT2D eigenvalue weighted by Crippen LogP contribution is 2.25. The van der Waals surface area contributed by atoms with Crippen molar-refractivity contribution in [3.63, 3.8) is 0 Å². The number of esters is 1. The van der Waals surface area contributed by atoms with Gasteiger partial charge < -0.3 is 19.4 Å². The topological polar surface area (TPSA) is 99.5 Å². The van der Waals surface area contributed by atoms with Crippen molar-refractivity contribution in [2.45, 2.75) is 40.3 Å². The minimum absolute atomic E-state index is 0.165. The minimum atomic E-state index is -1.03. The molecule has 8 heteroatoms. The molecule has 0 bridgehead atoms. The standard InChI is InChI=1S/C23H25N3O5/c1-6-26-19-9-8-16(12-17(19)24-14(3)22(26)28)23(29)31-15(4)21(27)25-18-11-13(2)7-10-20(18)30-5/h7-12,15H,6H2,1-5H3,(H,25,27)/t15-/m1/s1. The smallest absolute Gasteiger partial charge is 0.338 e. The van der Waals surface area contributed by atoms with Gasteiger partial charge in [0.05, 0.1) is 29.4 Å². The summed E-state index contributed by atoms with van der Waals surface area (Å²) in [5, 5.41) is 2.73. The fraction of sp³-hybridized carbons (Fsp3) is 0.304. The lowest BCUT2D eigenvalue weighted by atomic mass is 10.2. The Balaban J connectivity index is 1.78. The zero-order valence-corrected chi connectivity index (χ0v) is 18.2. The van der Waals surface area contributed by atoms with Crippen LogP contribution in [0.2, 0.25) is 0 Å². The number of nitrogens with one attached hydrogen (secondary N) is 1. The third kappa shape index (κ3) is 4.58. The van der Waals surface area contributed by atoms with Crippen LogP contribution in [0.1, 0.15) is 35.5 Å². The number of methoxy groups -OCH3 is 1. The molecule has 0 aliphatic rings. The summed E-state index contributed by atoms with van der Waals surface area (Å²) in [5.41, 5.74) is 3.01. The van der Waals surface area contributed by atoms with E-state index in [-0.39, 0.29) is 11.1 Å². The quantitative estimate of drug-likeness (QED) is 0.611. The average Bonchev–Trinajstić information content (AvgIpc) is 2.74. The van der Waals surface area contributed by atoms with E-state index in [9.17, 15) is 14.4 Å². The highest BCUT2D eigenvalue weighted by molar-refractivity contribution is 5.99. The Morgan fingerprint density at radius 3 is 2.58 bits per heavy atom. The van der Waals surface area contributed by atoms with Crippen molar-refractivity contribution in [1.82, 2.24) is 9.55 Å². The maximum absolute atomic E-state index is 12.6. The molecule has 31 heavy (non-hydrogen) atoms. The number of rotatable bonds is 6. The number of carbonyl (C=O) groups excluding carboxylic acids is 2. The maximum atomic E-state index is 12.6. The van der Waals surface area contributed by atoms with E-state index in [4.69, 9.17) is 9.47 Å². The summed E-state index contributed by atoms with van der Waals surface area (Å²) in [6, 6.07) is 10.2. The molecule has 1 heterocycles. The molecule has 8 nitrogen and oxygen atoms in total. The van der Waals surface area contributed by atoms with Gasteiger partial charge in [-0.2, -0.15) is 0 Å². The zero-order valence-electron chi connectivity index (χ0n) is 18.2. The number of anilines is 1. The van der Waals surface area contributed by atoms with Crippen molar-refractivity contribution >= 4 is 28.6 Å². The Morgan fingerprint density at radius 2 is 1.90 bits per heavy atom. The molecule has 0 radical (unpaired) electrons. The van der Waals surface area contributed by atoms with E-state index in [0.717, 1.165) is 5.56 Å². The first kappa shape index (κ1) is 22.0. The summed E-state index contributed by atoms with van der Waals surface area (Å²) in [6.45, 7) is 7.37. The number of carbonyl (C=O) groups is 2. The van der Waals surface area contributed by atoms with Gasteiger partial charge in [0.1, 0.15) is 11.4 Å². The molecule has 0 saturated carbocycles. The van der Waals surface area contributed by atoms with Gasteiger partial charge in [-0.1, -0.05) is 6.07 Å². The Hall–Kier alpha value is -3.68. The van der Waals surface area contributed by atoms with E-state index >= 15 is 0 Å². The van der Waals surface area contributed by atoms with Crippen molar-refractivity contribution in [3.05, 3.63) is 63.6 Å². The van der Waals surface area contributed by atoms with E-state index in [0.29, 0.717) is 34.7 Å². The Morgan fingerprint density at radius 1 is 1.16 bits per heavy atom. The number of amides is 1. The van der Waals surface area contributed by atoms with Gasteiger partial charge in [-0.15, -0.1) is 0 Å². The first-order valence-corrected chi connectivity index (χ1v) is 9.92. The van der Waals surface area contributed by atoms with Crippen LogP contribution in [0.5, 0.6) is 5.75 Å². The number of ether oxygens (including phenoxy) is 2. The van der Waals surface area contributed by atoms with Crippen molar-refractivity contribution in [3.8, 4) is 5.75 Å². The molecule has 0 saturated heterocycles. The Kier molecular flexibility index (Phi) is 6.39. The Labute approximate surface area is 179 Å². The van der Waals surface area contributed by atoms with Gasteiger partial charge in [-0.25, -0.2) is 9.78 Å². The predicted octanol–water partition coefficient (Wildman–Crippen LogP) is 3.23. The van der Waals surface area contributed by atoms with Gasteiger partial charge in [-0.3, -0.25) is 9.59 Å². The van der Waals surface area contributed by atoms with Crippen LogP contribution in [0.25, 0.3) is 11.0 Å². The molecular formula is C23H25N3O5. The van der Waals surface area contributed by atoms with Crippen LogP contribution in [-0.2, 0) is 16.1 Å². The number of benzene rings is 2. The van der Waals surface area contributed by atoms with Crippen LogP contribution >= 0.6 is 0 Å². The van der Waals surface area contributed by atoms with E-state index in [1.807, 2.05) is 19.9 Å². The highest BCUT2D eigenvalue weighted by atomic mass is 16.5. The van der Waals surface area contributed by atoms with Crippen LogP contribution < -0.4 is 15.6 Å². The number of aryl methyl sites for hydroxylation is 3. The van der Waals surface area contributed by atoms with Gasteiger partial charge >= 0.3 is 5.97 Å². The van der Waals surface area contributed by atoms with Crippen molar-refractivity contribution in [2.75, 3.05) is 12.4 Å². The molecule has 0 unspecified atom stereocenters. The number of aromatic nitrogens is 2. The molecule has 162 valence electrons. The number of nitrogens with zero attached hydrogens (tertiary/aromatic N) is 2. The summed E-state index contributed by atoms with van der Waals surface area (Å²) in [6.07, 6.45) is -1.03. The molecule has 2 aromatic carbocycles. The first-order valence-electron chi connectivity index (χ1n) is 9.92. The predicted molar refractivity (Wildman–Crippen MR) is 118 cm³/mol. The van der Waals surface area contributed by atoms with Crippen molar-refractivity contribution in [2.24, 2.45) is 0 Å². The van der Waals surface area contributed by atoms with E-state index in [2.05, 4.69) is 10.3 Å². The van der Waals surface area contributed by atoms with Crippen LogP contribution in [0.4, 0.5) is 5.69 Å². The molecule has 1 N–H and O–H groups in total. The van der Waals surface area contributed by atoms with Gasteiger partial charge in [0, 0.05) is 6.54 Å². The molecule has 0 aliphatic heterocycles. The number of hydrogen-bond donors (Lipinski definition) is 1. The summed E-state index contributed by atoms with van der Waals surface area (Å²) < 4.78 is 12.2. The molecule has 0 aliphatic carbocycles. The van der Waals surface area contributed by atoms with Crippen LogP contribution in [-0.4, -0.2) is 34.6 Å². The van der Waals surface area contributed by atoms with E-state index < -0.39 is 18.0 Å². The average molecular weight is 423 g/mol. The SMILES string of the molecule is CCn1c(=O)c(C)nc2cc(C(=O)O[C@H](C)C(=O)Nc3cc(C)ccc3OC)ccc21. The molecule has 0 spiro atoms. The largest absolute Gasteiger partial charge is 0.495 e. The monoisotopic (exact) mass is 423 g/mol. The minimum Gasteiger partial charge on any atom is -0.495 e. The molecule has 3 rings (SSSR count). The fourth-order valence-corrected chi connectivity index (χ4v) is 3.25. The molecule has 3 aromatic rings.